The molecule has 0 heterocycles. The number of aryl methyl sites for hydroxylation is 2. The highest BCUT2D eigenvalue weighted by molar-refractivity contribution is 7.89. The van der Waals surface area contributed by atoms with Crippen molar-refractivity contribution >= 4 is 27.6 Å². The van der Waals surface area contributed by atoms with Gasteiger partial charge in [-0.1, -0.05) is 48.0 Å². The molecule has 0 saturated carbocycles. The van der Waals surface area contributed by atoms with E-state index in [0.717, 1.165) is 16.7 Å². The Hall–Kier alpha value is -2.74. The van der Waals surface area contributed by atoms with Crippen LogP contribution < -0.4 is 4.72 Å². The maximum atomic E-state index is 13.3. The van der Waals surface area contributed by atoms with E-state index in [1.54, 1.807) is 12.1 Å². The molecule has 8 heteroatoms. The number of hydrogen-bond donors (Lipinski definition) is 1. The van der Waals surface area contributed by atoms with Crippen LogP contribution in [0.2, 0.25) is 5.02 Å². The monoisotopic (exact) mass is 503 g/mol. The second-order valence-corrected chi connectivity index (χ2v) is 10.1. The number of methoxy groups -OCH3 is 1. The Morgan fingerprint density at radius 1 is 0.941 bits per heavy atom. The van der Waals surface area contributed by atoms with Gasteiger partial charge in [0.05, 0.1) is 12.0 Å². The summed E-state index contributed by atoms with van der Waals surface area (Å²) in [5.41, 5.74) is 2.78. The zero-order valence-electron chi connectivity index (χ0n) is 18.8. The van der Waals surface area contributed by atoms with Crippen LogP contribution in [-0.2, 0) is 32.4 Å². The van der Waals surface area contributed by atoms with Crippen molar-refractivity contribution in [1.82, 2.24) is 4.72 Å². The lowest BCUT2D eigenvalue weighted by atomic mass is 9.98. The zero-order valence-corrected chi connectivity index (χ0v) is 20.4. The first-order valence-corrected chi connectivity index (χ1v) is 12.8. The van der Waals surface area contributed by atoms with Gasteiger partial charge in [-0.25, -0.2) is 17.5 Å². The van der Waals surface area contributed by atoms with Crippen LogP contribution in [0.4, 0.5) is 4.39 Å². The third-order valence-electron chi connectivity index (χ3n) is 5.51. The predicted octanol–water partition coefficient (Wildman–Crippen LogP) is 5.63. The van der Waals surface area contributed by atoms with Gasteiger partial charge in [0.2, 0.25) is 10.0 Å². The summed E-state index contributed by atoms with van der Waals surface area (Å²) in [6.45, 7) is 0. The summed E-state index contributed by atoms with van der Waals surface area (Å²) in [6, 6.07) is 19.4. The molecule has 0 aliphatic heterocycles. The molecule has 3 aromatic rings. The molecule has 0 fully saturated rings. The number of ether oxygens (including phenoxy) is 1. The molecule has 0 bridgehead atoms. The first kappa shape index (κ1) is 25.9. The fourth-order valence-corrected chi connectivity index (χ4v) is 4.97. The number of esters is 1. The third-order valence-corrected chi connectivity index (χ3v) is 7.25. The van der Waals surface area contributed by atoms with E-state index in [2.05, 4.69) is 9.46 Å². The number of carbonyl (C=O) groups excluding carboxylic acids is 1. The average Bonchev–Trinajstić information content (AvgIpc) is 2.83. The van der Waals surface area contributed by atoms with E-state index < -0.39 is 16.1 Å². The predicted molar refractivity (Wildman–Crippen MR) is 131 cm³/mol. The molecule has 0 saturated heterocycles. The van der Waals surface area contributed by atoms with Gasteiger partial charge in [0, 0.05) is 17.5 Å². The Kier molecular flexibility index (Phi) is 9.21. The normalized spacial score (nSPS) is 12.3. The van der Waals surface area contributed by atoms with Gasteiger partial charge in [-0.05, 0) is 78.8 Å². The number of nitrogens with one attached hydrogen (secondary N) is 1. The van der Waals surface area contributed by atoms with Crippen molar-refractivity contribution in [1.29, 1.82) is 0 Å². The van der Waals surface area contributed by atoms with Crippen LogP contribution in [-0.4, -0.2) is 21.5 Å². The van der Waals surface area contributed by atoms with Crippen molar-refractivity contribution in [2.45, 2.75) is 43.0 Å². The van der Waals surface area contributed by atoms with Gasteiger partial charge in [0.25, 0.3) is 0 Å². The topological polar surface area (TPSA) is 72.5 Å². The van der Waals surface area contributed by atoms with Crippen molar-refractivity contribution < 1.29 is 22.3 Å². The van der Waals surface area contributed by atoms with Crippen molar-refractivity contribution in [2.24, 2.45) is 0 Å². The largest absolute Gasteiger partial charge is 0.469 e. The van der Waals surface area contributed by atoms with Crippen LogP contribution in [0.3, 0.4) is 0 Å². The molecule has 0 aliphatic rings. The summed E-state index contributed by atoms with van der Waals surface area (Å²) in [5.74, 6) is -0.555. The minimum absolute atomic E-state index is 0.128. The highest BCUT2D eigenvalue weighted by Gasteiger charge is 2.21. The van der Waals surface area contributed by atoms with E-state index in [1.807, 2.05) is 24.3 Å². The lowest BCUT2D eigenvalue weighted by Gasteiger charge is -2.20. The molecule has 1 atom stereocenters. The summed E-state index contributed by atoms with van der Waals surface area (Å²) in [6.07, 6.45) is 2.78. The lowest BCUT2D eigenvalue weighted by Crippen LogP contribution is -2.29. The first-order valence-electron chi connectivity index (χ1n) is 10.9. The molecular weight excluding hydrogens is 477 g/mol. The molecule has 3 aromatic carbocycles. The lowest BCUT2D eigenvalue weighted by molar-refractivity contribution is -0.140. The van der Waals surface area contributed by atoms with Crippen LogP contribution in [0, 0.1) is 5.82 Å². The fourth-order valence-electron chi connectivity index (χ4n) is 3.58. The van der Waals surface area contributed by atoms with Gasteiger partial charge in [0.1, 0.15) is 5.82 Å². The Morgan fingerprint density at radius 3 is 2.15 bits per heavy atom. The van der Waals surface area contributed by atoms with E-state index in [1.165, 1.54) is 43.5 Å². The van der Waals surface area contributed by atoms with Crippen molar-refractivity contribution in [3.05, 3.63) is 100 Å². The van der Waals surface area contributed by atoms with Crippen LogP contribution in [0.5, 0.6) is 0 Å². The van der Waals surface area contributed by atoms with Crippen LogP contribution in [0.15, 0.2) is 77.7 Å². The summed E-state index contributed by atoms with van der Waals surface area (Å²) in [7, 11) is -2.42. The number of carbonyl (C=O) groups is 1. The summed E-state index contributed by atoms with van der Waals surface area (Å²) >= 11 is 5.90. The molecule has 0 amide bonds. The third kappa shape index (κ3) is 7.65. The maximum Gasteiger partial charge on any atom is 0.305 e. The molecule has 0 aromatic heterocycles. The van der Waals surface area contributed by atoms with Crippen LogP contribution in [0.1, 0.15) is 42.0 Å². The second-order valence-electron chi connectivity index (χ2n) is 7.96. The van der Waals surface area contributed by atoms with Gasteiger partial charge in [-0.3, -0.25) is 4.79 Å². The van der Waals surface area contributed by atoms with E-state index in [9.17, 15) is 17.6 Å². The molecule has 1 unspecified atom stereocenters. The molecule has 5 nitrogen and oxygen atoms in total. The van der Waals surface area contributed by atoms with E-state index in [-0.39, 0.29) is 16.7 Å². The molecule has 180 valence electrons. The van der Waals surface area contributed by atoms with Crippen molar-refractivity contribution in [3.8, 4) is 0 Å². The minimum Gasteiger partial charge on any atom is -0.469 e. The van der Waals surface area contributed by atoms with E-state index in [0.29, 0.717) is 37.1 Å². The molecule has 3 rings (SSSR count). The maximum absolute atomic E-state index is 13.3. The number of sulfonamides is 1. The number of halogens is 2. The standard InChI is InChI=1S/C26H27ClFNO4S/c1-33-26(30)4-2-3-19-5-10-21(11-6-19)25(18-9-20-7-14-23(28)15-8-20)29-34(31,32)24-16-12-22(27)13-17-24/h5-8,10-17,25,29H,2-4,9,18H2,1H3. The Labute approximate surface area is 205 Å². The van der Waals surface area contributed by atoms with E-state index in [4.69, 9.17) is 11.6 Å². The number of hydrogen-bond acceptors (Lipinski definition) is 4. The van der Waals surface area contributed by atoms with Gasteiger partial charge in [0.15, 0.2) is 0 Å². The molecular formula is C26H27ClFNO4S. The van der Waals surface area contributed by atoms with Gasteiger partial charge in [-0.15, -0.1) is 0 Å². The summed E-state index contributed by atoms with van der Waals surface area (Å²) in [4.78, 5) is 11.4. The number of rotatable bonds is 11. The average molecular weight is 504 g/mol. The quantitative estimate of drug-likeness (QED) is 0.344. The van der Waals surface area contributed by atoms with E-state index >= 15 is 0 Å². The van der Waals surface area contributed by atoms with Gasteiger partial charge >= 0.3 is 5.97 Å². The van der Waals surface area contributed by atoms with Crippen LogP contribution in [0.25, 0.3) is 0 Å². The van der Waals surface area contributed by atoms with Gasteiger partial charge in [-0.2, -0.15) is 0 Å². The second kappa shape index (κ2) is 12.1. The SMILES string of the molecule is COC(=O)CCCc1ccc(C(CCc2ccc(F)cc2)NS(=O)(=O)c2ccc(Cl)cc2)cc1. The molecule has 0 radical (unpaired) electrons. The first-order chi connectivity index (χ1) is 16.3. The smallest absolute Gasteiger partial charge is 0.305 e. The van der Waals surface area contributed by atoms with Gasteiger partial charge < -0.3 is 4.74 Å². The molecule has 0 spiro atoms. The fraction of sp³-hybridized carbons (Fsp3) is 0.269. The zero-order chi connectivity index (χ0) is 24.6. The Morgan fingerprint density at radius 2 is 1.53 bits per heavy atom. The molecule has 34 heavy (non-hydrogen) atoms. The highest BCUT2D eigenvalue weighted by Crippen LogP contribution is 2.24. The summed E-state index contributed by atoms with van der Waals surface area (Å²) in [5, 5.41) is 0.453. The highest BCUT2D eigenvalue weighted by atomic mass is 35.5. The van der Waals surface area contributed by atoms with Crippen LogP contribution >= 0.6 is 11.6 Å². The Balaban J connectivity index is 1.77. The Bertz CT molecular complexity index is 1180. The minimum atomic E-state index is -3.79. The summed E-state index contributed by atoms with van der Waals surface area (Å²) < 4.78 is 46.8. The molecule has 0 aliphatic carbocycles. The number of benzene rings is 3. The molecule has 1 N–H and O–H groups in total. The van der Waals surface area contributed by atoms with Crippen molar-refractivity contribution in [2.75, 3.05) is 7.11 Å². The van der Waals surface area contributed by atoms with Crippen molar-refractivity contribution in [3.63, 3.8) is 0 Å².